The predicted molar refractivity (Wildman–Crippen MR) is 83.4 cm³/mol. The van der Waals surface area contributed by atoms with Crippen molar-refractivity contribution in [1.29, 1.82) is 0 Å². The summed E-state index contributed by atoms with van der Waals surface area (Å²) < 4.78 is 8.60. The molecule has 1 unspecified atom stereocenters. The van der Waals surface area contributed by atoms with Gasteiger partial charge in [0.25, 0.3) is 0 Å². The zero-order valence-corrected chi connectivity index (χ0v) is 13.3. The summed E-state index contributed by atoms with van der Waals surface area (Å²) in [6, 6.07) is 1.85. The Labute approximate surface area is 130 Å². The van der Waals surface area contributed by atoms with Crippen molar-refractivity contribution in [3.8, 4) is 0 Å². The van der Waals surface area contributed by atoms with E-state index in [-0.39, 0.29) is 12.1 Å². The zero-order chi connectivity index (χ0) is 14.1. The van der Waals surface area contributed by atoms with Gasteiger partial charge in [0, 0.05) is 25.8 Å². The second-order valence-corrected chi connectivity index (χ2v) is 5.85. The minimum atomic E-state index is -0.133. The van der Waals surface area contributed by atoms with Crippen LogP contribution >= 0.6 is 22.6 Å². The van der Waals surface area contributed by atoms with Gasteiger partial charge in [0.2, 0.25) is 5.91 Å². The van der Waals surface area contributed by atoms with Crippen LogP contribution in [0.2, 0.25) is 0 Å². The molecule has 2 aromatic rings. The molecule has 6 nitrogen and oxygen atoms in total. The van der Waals surface area contributed by atoms with E-state index in [1.54, 1.807) is 6.20 Å². The first-order chi connectivity index (χ1) is 9.65. The Hall–Kier alpha value is -1.22. The van der Waals surface area contributed by atoms with E-state index in [4.69, 9.17) is 4.74 Å². The fourth-order valence-electron chi connectivity index (χ4n) is 2.38. The van der Waals surface area contributed by atoms with Crippen LogP contribution in [0.4, 0.5) is 5.82 Å². The molecular weight excluding hydrogens is 371 g/mol. The highest BCUT2D eigenvalue weighted by atomic mass is 127. The summed E-state index contributed by atoms with van der Waals surface area (Å²) >= 11 is 2.20. The van der Waals surface area contributed by atoms with Crippen molar-refractivity contribution in [2.75, 3.05) is 11.9 Å². The van der Waals surface area contributed by atoms with E-state index in [1.165, 1.54) is 6.92 Å². The van der Waals surface area contributed by atoms with Crippen molar-refractivity contribution < 1.29 is 9.53 Å². The summed E-state index contributed by atoms with van der Waals surface area (Å²) in [7, 11) is 0. The first-order valence-corrected chi connectivity index (χ1v) is 7.66. The Bertz CT molecular complexity index is 649. The van der Waals surface area contributed by atoms with Crippen LogP contribution in [-0.4, -0.2) is 27.3 Å². The van der Waals surface area contributed by atoms with E-state index in [9.17, 15) is 4.79 Å². The third kappa shape index (κ3) is 2.64. The zero-order valence-electron chi connectivity index (χ0n) is 11.1. The van der Waals surface area contributed by atoms with Gasteiger partial charge in [-0.15, -0.1) is 0 Å². The number of hydrogen-bond donors (Lipinski definition) is 1. The lowest BCUT2D eigenvalue weighted by atomic mass is 10.2. The van der Waals surface area contributed by atoms with Crippen molar-refractivity contribution in [2.24, 2.45) is 0 Å². The van der Waals surface area contributed by atoms with Gasteiger partial charge < -0.3 is 10.1 Å². The molecule has 20 heavy (non-hydrogen) atoms. The van der Waals surface area contributed by atoms with Crippen LogP contribution in [0.3, 0.4) is 0 Å². The number of pyridine rings is 1. The average Bonchev–Trinajstić information content (AvgIpc) is 2.76. The third-order valence-electron chi connectivity index (χ3n) is 3.28. The number of nitrogens with zero attached hydrogens (tertiary/aromatic N) is 3. The molecule has 1 saturated heterocycles. The van der Waals surface area contributed by atoms with E-state index in [0.29, 0.717) is 5.82 Å². The number of rotatable bonds is 2. The van der Waals surface area contributed by atoms with Crippen molar-refractivity contribution in [1.82, 2.24) is 14.8 Å². The van der Waals surface area contributed by atoms with Crippen LogP contribution in [-0.2, 0) is 9.53 Å². The third-order valence-corrected chi connectivity index (χ3v) is 4.08. The van der Waals surface area contributed by atoms with Crippen LogP contribution in [0.25, 0.3) is 10.9 Å². The second-order valence-electron chi connectivity index (χ2n) is 4.82. The molecule has 3 rings (SSSR count). The Kier molecular flexibility index (Phi) is 3.88. The fourth-order valence-corrected chi connectivity index (χ4v) is 3.03. The molecule has 3 heterocycles. The number of amides is 1. The highest BCUT2D eigenvalue weighted by Gasteiger charge is 2.20. The van der Waals surface area contributed by atoms with E-state index in [2.05, 4.69) is 38.0 Å². The Morgan fingerprint density at radius 1 is 1.55 bits per heavy atom. The van der Waals surface area contributed by atoms with Crippen molar-refractivity contribution in [2.45, 2.75) is 32.4 Å². The van der Waals surface area contributed by atoms with Crippen LogP contribution in [0, 0.1) is 3.70 Å². The molecule has 2 aromatic heterocycles. The Balaban J connectivity index is 2.04. The summed E-state index contributed by atoms with van der Waals surface area (Å²) in [5, 5.41) is 8.24. The lowest BCUT2D eigenvalue weighted by Gasteiger charge is -2.23. The molecule has 0 spiro atoms. The number of halogens is 1. The number of aromatic nitrogens is 3. The fraction of sp³-hybridized carbons (Fsp3) is 0.462. The van der Waals surface area contributed by atoms with Gasteiger partial charge in [0.15, 0.2) is 6.23 Å². The average molecular weight is 386 g/mol. The van der Waals surface area contributed by atoms with Gasteiger partial charge in [-0.2, -0.15) is 5.10 Å². The minimum Gasteiger partial charge on any atom is -0.356 e. The van der Waals surface area contributed by atoms with Gasteiger partial charge in [-0.05, 0) is 41.9 Å². The van der Waals surface area contributed by atoms with E-state index < -0.39 is 0 Å². The maximum absolute atomic E-state index is 11.1. The summed E-state index contributed by atoms with van der Waals surface area (Å²) in [4.78, 5) is 15.4. The molecule has 1 N–H and O–H groups in total. The van der Waals surface area contributed by atoms with Crippen LogP contribution in [0.5, 0.6) is 0 Å². The van der Waals surface area contributed by atoms with Crippen molar-refractivity contribution >= 4 is 45.2 Å². The molecule has 1 atom stereocenters. The standard InChI is InChI=1S/C13H15IN4O2/c1-8(19)16-11-6-10-9(7-15-11)13(14)17-18(10)12-4-2-3-5-20-12/h6-7,12H,2-5H2,1H3,(H,15,16,19). The van der Waals surface area contributed by atoms with Gasteiger partial charge in [-0.1, -0.05) is 0 Å². The van der Waals surface area contributed by atoms with Crippen molar-refractivity contribution in [3.63, 3.8) is 0 Å². The summed E-state index contributed by atoms with van der Waals surface area (Å²) in [5.41, 5.74) is 0.944. The number of carbonyl (C=O) groups excluding carboxylic acids is 1. The van der Waals surface area contributed by atoms with Crippen molar-refractivity contribution in [3.05, 3.63) is 16.0 Å². The first-order valence-electron chi connectivity index (χ1n) is 6.58. The summed E-state index contributed by atoms with van der Waals surface area (Å²) in [6.07, 6.45) is 4.93. The summed E-state index contributed by atoms with van der Waals surface area (Å²) in [6.45, 7) is 2.24. The minimum absolute atomic E-state index is 0.0256. The van der Waals surface area contributed by atoms with Gasteiger partial charge in [0.05, 0.1) is 10.9 Å². The van der Waals surface area contributed by atoms with Crippen LogP contribution < -0.4 is 5.32 Å². The maximum Gasteiger partial charge on any atom is 0.222 e. The van der Waals surface area contributed by atoms with Gasteiger partial charge >= 0.3 is 0 Å². The molecule has 7 heteroatoms. The molecule has 0 radical (unpaired) electrons. The SMILES string of the molecule is CC(=O)Nc1cc2c(cn1)c(I)nn2C1CCCCO1. The van der Waals surface area contributed by atoms with E-state index >= 15 is 0 Å². The number of nitrogens with one attached hydrogen (secondary N) is 1. The smallest absolute Gasteiger partial charge is 0.222 e. The van der Waals surface area contributed by atoms with Gasteiger partial charge in [-0.3, -0.25) is 4.79 Å². The first kappa shape index (κ1) is 13.7. The predicted octanol–water partition coefficient (Wildman–Crippen LogP) is 2.69. The molecule has 1 fully saturated rings. The molecule has 106 valence electrons. The van der Waals surface area contributed by atoms with E-state index in [0.717, 1.165) is 40.5 Å². The molecule has 0 aromatic carbocycles. The largest absolute Gasteiger partial charge is 0.356 e. The highest BCUT2D eigenvalue weighted by molar-refractivity contribution is 14.1. The number of fused-ring (bicyclic) bond motifs is 1. The summed E-state index contributed by atoms with van der Waals surface area (Å²) in [5.74, 6) is 0.407. The normalized spacial score (nSPS) is 19.2. The highest BCUT2D eigenvalue weighted by Crippen LogP contribution is 2.29. The topological polar surface area (TPSA) is 69.0 Å². The maximum atomic E-state index is 11.1. The quantitative estimate of drug-likeness (QED) is 0.806. The number of carbonyl (C=O) groups is 1. The lowest BCUT2D eigenvalue weighted by molar-refractivity contribution is -0.114. The van der Waals surface area contributed by atoms with E-state index in [1.807, 2.05) is 10.7 Å². The lowest BCUT2D eigenvalue weighted by Crippen LogP contribution is -2.19. The Morgan fingerprint density at radius 3 is 3.10 bits per heavy atom. The monoisotopic (exact) mass is 386 g/mol. The molecule has 1 aliphatic rings. The number of anilines is 1. The number of hydrogen-bond acceptors (Lipinski definition) is 4. The van der Waals surface area contributed by atoms with Gasteiger partial charge in [-0.25, -0.2) is 9.67 Å². The second kappa shape index (κ2) is 5.65. The molecule has 1 aliphatic heterocycles. The molecule has 0 saturated carbocycles. The molecule has 1 amide bonds. The molecule has 0 bridgehead atoms. The molecule has 0 aliphatic carbocycles. The van der Waals surface area contributed by atoms with Crippen LogP contribution in [0.1, 0.15) is 32.4 Å². The van der Waals surface area contributed by atoms with Gasteiger partial charge in [0.1, 0.15) is 9.52 Å². The molecular formula is C13H15IN4O2. The van der Waals surface area contributed by atoms with Crippen LogP contribution in [0.15, 0.2) is 12.3 Å². The Morgan fingerprint density at radius 2 is 2.40 bits per heavy atom. The number of ether oxygens (including phenoxy) is 1.